The van der Waals surface area contributed by atoms with E-state index in [2.05, 4.69) is 58.3 Å². The molecule has 3 nitrogen and oxygen atoms in total. The van der Waals surface area contributed by atoms with Crippen LogP contribution in [-0.4, -0.2) is 33.4 Å². The molecule has 4 heteroatoms. The summed E-state index contributed by atoms with van der Waals surface area (Å²) in [5.74, 6) is 0.0686. The third-order valence-electron chi connectivity index (χ3n) is 5.70. The number of rotatable bonds is 3. The molecule has 28 heavy (non-hydrogen) atoms. The topological polar surface area (TPSA) is 18.8 Å². The van der Waals surface area contributed by atoms with Crippen LogP contribution >= 0.6 is 0 Å². The number of anilines is 2. The summed E-state index contributed by atoms with van der Waals surface area (Å²) in [6.45, 7) is 0. The summed E-state index contributed by atoms with van der Waals surface area (Å²) in [5.41, 5.74) is 7.67. The lowest BCUT2D eigenvalue weighted by molar-refractivity contribution is 0.627. The average molecular weight is 371 g/mol. The summed E-state index contributed by atoms with van der Waals surface area (Å²) in [6, 6.07) is 13.6. The third kappa shape index (κ3) is 2.68. The molecule has 0 fully saturated rings. The fraction of sp³-hybridized carbons (Fsp3) is 0.208. The van der Waals surface area contributed by atoms with Crippen LogP contribution in [0.1, 0.15) is 11.1 Å². The fourth-order valence-corrected chi connectivity index (χ4v) is 4.10. The second-order valence-electron chi connectivity index (χ2n) is 7.73. The summed E-state index contributed by atoms with van der Waals surface area (Å²) >= 11 is 0. The minimum absolute atomic E-state index is 0.217. The molecule has 140 valence electrons. The Kier molecular flexibility index (Phi) is 3.76. The van der Waals surface area contributed by atoms with Crippen molar-refractivity contribution in [2.24, 2.45) is 10.9 Å². The van der Waals surface area contributed by atoms with Gasteiger partial charge in [0.2, 0.25) is 0 Å². The molecule has 2 heterocycles. The van der Waals surface area contributed by atoms with Crippen molar-refractivity contribution in [2.75, 3.05) is 30.9 Å². The number of likely N-dealkylation sites (N-methyl/N-ethyl adjacent to an activating group) is 1. The average Bonchev–Trinajstić information content (AvgIpc) is 3.53. The highest BCUT2D eigenvalue weighted by molar-refractivity contribution is 5.97. The van der Waals surface area contributed by atoms with Crippen LogP contribution in [0.3, 0.4) is 0 Å². The Morgan fingerprint density at radius 1 is 1.11 bits per heavy atom. The first-order valence-corrected chi connectivity index (χ1v) is 9.52. The van der Waals surface area contributed by atoms with Gasteiger partial charge in [-0.05, 0) is 29.8 Å². The molecule has 1 aliphatic carbocycles. The van der Waals surface area contributed by atoms with Gasteiger partial charge in [-0.3, -0.25) is 4.99 Å². The molecule has 0 amide bonds. The number of fused-ring (bicyclic) bond motifs is 2. The molecule has 2 aliphatic heterocycles. The summed E-state index contributed by atoms with van der Waals surface area (Å²) in [7, 11) is 6.20. The number of aliphatic imine (C=N–C) groups is 1. The molecule has 0 N–H and O–H groups in total. The van der Waals surface area contributed by atoms with Crippen LogP contribution < -0.4 is 9.80 Å². The molecule has 2 aromatic rings. The van der Waals surface area contributed by atoms with Crippen molar-refractivity contribution in [1.29, 1.82) is 0 Å². The number of nitrogens with zero attached hydrogens (tertiary/aromatic N) is 3. The van der Waals surface area contributed by atoms with Gasteiger partial charge in [0.15, 0.2) is 0 Å². The summed E-state index contributed by atoms with van der Waals surface area (Å²) in [6.07, 6.45) is 8.68. The zero-order chi connectivity index (χ0) is 19.4. The normalized spacial score (nSPS) is 22.0. The van der Waals surface area contributed by atoms with Gasteiger partial charge in [0.1, 0.15) is 5.82 Å². The van der Waals surface area contributed by atoms with Crippen LogP contribution in [-0.2, 0) is 0 Å². The predicted molar refractivity (Wildman–Crippen MR) is 115 cm³/mol. The summed E-state index contributed by atoms with van der Waals surface area (Å²) in [5, 5.41) is 0. The van der Waals surface area contributed by atoms with Crippen molar-refractivity contribution in [2.45, 2.75) is 6.04 Å². The highest BCUT2D eigenvalue weighted by Crippen LogP contribution is 2.46. The predicted octanol–water partition coefficient (Wildman–Crippen LogP) is 4.67. The van der Waals surface area contributed by atoms with Crippen LogP contribution in [0.5, 0.6) is 0 Å². The van der Waals surface area contributed by atoms with E-state index in [0.29, 0.717) is 0 Å². The first-order chi connectivity index (χ1) is 13.5. The molecule has 2 atom stereocenters. The first-order valence-electron chi connectivity index (χ1n) is 9.52. The largest absolute Gasteiger partial charge is 0.378 e. The van der Waals surface area contributed by atoms with E-state index in [1.165, 1.54) is 6.07 Å². The van der Waals surface area contributed by atoms with Crippen molar-refractivity contribution < 1.29 is 4.39 Å². The van der Waals surface area contributed by atoms with E-state index in [1.54, 1.807) is 12.1 Å². The molecule has 2 aromatic carbocycles. The van der Waals surface area contributed by atoms with Crippen molar-refractivity contribution in [3.8, 4) is 0 Å². The SMILES string of the molecule is CN(C)c1ccc2c(c1)N(C)C1=CC(C3C=N3)C=CC1=C2c1cccc(F)c1. The fourth-order valence-electron chi connectivity index (χ4n) is 4.10. The smallest absolute Gasteiger partial charge is 0.123 e. The minimum Gasteiger partial charge on any atom is -0.378 e. The van der Waals surface area contributed by atoms with Gasteiger partial charge in [-0.2, -0.15) is 0 Å². The van der Waals surface area contributed by atoms with Gasteiger partial charge < -0.3 is 9.80 Å². The third-order valence-corrected chi connectivity index (χ3v) is 5.70. The van der Waals surface area contributed by atoms with Crippen LogP contribution in [0.4, 0.5) is 15.8 Å². The molecule has 2 unspecified atom stereocenters. The molecule has 0 spiro atoms. The minimum atomic E-state index is -0.217. The molecule has 0 bridgehead atoms. The Balaban J connectivity index is 1.75. The van der Waals surface area contributed by atoms with E-state index >= 15 is 0 Å². The lowest BCUT2D eigenvalue weighted by Crippen LogP contribution is -2.27. The Morgan fingerprint density at radius 3 is 2.64 bits per heavy atom. The Morgan fingerprint density at radius 2 is 1.93 bits per heavy atom. The number of hydrogen-bond acceptors (Lipinski definition) is 3. The van der Waals surface area contributed by atoms with Crippen molar-refractivity contribution in [3.63, 3.8) is 0 Å². The molecule has 3 aliphatic rings. The quantitative estimate of drug-likeness (QED) is 0.781. The van der Waals surface area contributed by atoms with Gasteiger partial charge in [0.25, 0.3) is 0 Å². The zero-order valence-electron chi connectivity index (χ0n) is 16.2. The van der Waals surface area contributed by atoms with E-state index < -0.39 is 0 Å². The van der Waals surface area contributed by atoms with E-state index in [0.717, 1.165) is 39.3 Å². The maximum absolute atomic E-state index is 14.1. The van der Waals surface area contributed by atoms with Crippen LogP contribution in [0.2, 0.25) is 0 Å². The molecule has 0 saturated heterocycles. The van der Waals surface area contributed by atoms with Gasteiger partial charge in [0, 0.05) is 61.4 Å². The number of hydrogen-bond donors (Lipinski definition) is 0. The first kappa shape index (κ1) is 17.0. The van der Waals surface area contributed by atoms with Crippen LogP contribution in [0, 0.1) is 11.7 Å². The lowest BCUT2D eigenvalue weighted by atomic mass is 9.82. The molecular formula is C24H22FN3. The Hall–Kier alpha value is -3.14. The number of halogens is 1. The van der Waals surface area contributed by atoms with Crippen LogP contribution in [0.25, 0.3) is 5.57 Å². The Labute approximate surface area is 164 Å². The maximum Gasteiger partial charge on any atom is 0.123 e. The van der Waals surface area contributed by atoms with E-state index in [4.69, 9.17) is 0 Å². The standard InChI is InChI=1S/C24H22FN3/c1-27(2)18-8-10-20-23(13-18)28(3)22-12-15(21-14-26-21)7-9-19(22)24(20)16-5-4-6-17(25)11-16/h4-15,21H,1-3H3. The molecule has 0 radical (unpaired) electrons. The van der Waals surface area contributed by atoms with Gasteiger partial charge in [-0.15, -0.1) is 0 Å². The van der Waals surface area contributed by atoms with Crippen LogP contribution in [0.15, 0.2) is 77.0 Å². The van der Waals surface area contributed by atoms with Crippen molar-refractivity contribution in [3.05, 3.63) is 88.9 Å². The van der Waals surface area contributed by atoms with Gasteiger partial charge in [-0.1, -0.05) is 36.4 Å². The molecule has 0 aromatic heterocycles. The highest BCUT2D eigenvalue weighted by atomic mass is 19.1. The van der Waals surface area contributed by atoms with Crippen molar-refractivity contribution >= 4 is 23.2 Å². The number of allylic oxidation sites excluding steroid dienone is 1. The van der Waals surface area contributed by atoms with E-state index in [9.17, 15) is 4.39 Å². The second-order valence-corrected chi connectivity index (χ2v) is 7.73. The maximum atomic E-state index is 14.1. The molecule has 5 rings (SSSR count). The Bertz CT molecular complexity index is 1080. The zero-order valence-corrected chi connectivity index (χ0v) is 16.2. The lowest BCUT2D eigenvalue weighted by Gasteiger charge is -2.36. The molecular weight excluding hydrogens is 349 g/mol. The van der Waals surface area contributed by atoms with E-state index in [-0.39, 0.29) is 17.8 Å². The molecule has 0 saturated carbocycles. The highest BCUT2D eigenvalue weighted by Gasteiger charge is 2.32. The van der Waals surface area contributed by atoms with E-state index in [1.807, 2.05) is 26.4 Å². The second kappa shape index (κ2) is 6.20. The van der Waals surface area contributed by atoms with Gasteiger partial charge in [0.05, 0.1) is 11.7 Å². The summed E-state index contributed by atoms with van der Waals surface area (Å²) in [4.78, 5) is 8.70. The number of benzene rings is 2. The summed E-state index contributed by atoms with van der Waals surface area (Å²) < 4.78 is 14.1. The van der Waals surface area contributed by atoms with Crippen molar-refractivity contribution in [1.82, 2.24) is 0 Å². The van der Waals surface area contributed by atoms with Gasteiger partial charge >= 0.3 is 0 Å². The monoisotopic (exact) mass is 371 g/mol. The van der Waals surface area contributed by atoms with Gasteiger partial charge in [-0.25, -0.2) is 4.39 Å².